The van der Waals surface area contributed by atoms with E-state index in [0.717, 1.165) is 11.8 Å². The third-order valence-corrected chi connectivity index (χ3v) is 4.09. The predicted octanol–water partition coefficient (Wildman–Crippen LogP) is 2.47. The topological polar surface area (TPSA) is 85.6 Å². The maximum absolute atomic E-state index is 11.2. The SMILES string of the molecule is CS(=O)(=O)OCc1cccc(-c2ccc3c(c2)OCCO3)c1C#N. The van der Waals surface area contributed by atoms with Crippen LogP contribution in [-0.2, 0) is 20.9 Å². The zero-order valence-corrected chi connectivity index (χ0v) is 13.8. The van der Waals surface area contributed by atoms with Crippen LogP contribution in [0.4, 0.5) is 0 Å². The Balaban J connectivity index is 2.00. The van der Waals surface area contributed by atoms with Crippen molar-refractivity contribution in [1.82, 2.24) is 0 Å². The molecule has 7 heteroatoms. The molecule has 0 aromatic heterocycles. The summed E-state index contributed by atoms with van der Waals surface area (Å²) in [7, 11) is -3.58. The Hall–Kier alpha value is -2.56. The van der Waals surface area contributed by atoms with Gasteiger partial charge < -0.3 is 9.47 Å². The first-order valence-corrected chi connectivity index (χ1v) is 9.06. The second-order valence-electron chi connectivity index (χ2n) is 5.28. The number of fused-ring (bicyclic) bond motifs is 1. The zero-order chi connectivity index (χ0) is 17.2. The van der Waals surface area contributed by atoms with E-state index in [4.69, 9.17) is 13.7 Å². The Morgan fingerprint density at radius 1 is 1.17 bits per heavy atom. The highest BCUT2D eigenvalue weighted by Gasteiger charge is 2.16. The Morgan fingerprint density at radius 3 is 2.62 bits per heavy atom. The predicted molar refractivity (Wildman–Crippen MR) is 87.2 cm³/mol. The number of hydrogen-bond donors (Lipinski definition) is 0. The summed E-state index contributed by atoms with van der Waals surface area (Å²) >= 11 is 0. The van der Waals surface area contributed by atoms with Gasteiger partial charge in [-0.15, -0.1) is 0 Å². The first-order chi connectivity index (χ1) is 11.5. The molecule has 124 valence electrons. The van der Waals surface area contributed by atoms with Gasteiger partial charge in [-0.1, -0.05) is 24.3 Å². The molecule has 6 nitrogen and oxygen atoms in total. The van der Waals surface area contributed by atoms with Gasteiger partial charge in [0.25, 0.3) is 10.1 Å². The fraction of sp³-hybridized carbons (Fsp3) is 0.235. The van der Waals surface area contributed by atoms with Crippen molar-refractivity contribution in [3.63, 3.8) is 0 Å². The largest absolute Gasteiger partial charge is 0.486 e. The summed E-state index contributed by atoms with van der Waals surface area (Å²) in [5.74, 6) is 1.29. The highest BCUT2D eigenvalue weighted by Crippen LogP contribution is 2.36. The van der Waals surface area contributed by atoms with Gasteiger partial charge in [-0.05, 0) is 28.8 Å². The summed E-state index contributed by atoms with van der Waals surface area (Å²) in [5, 5.41) is 9.52. The molecule has 24 heavy (non-hydrogen) atoms. The molecule has 0 saturated heterocycles. The number of ether oxygens (including phenoxy) is 2. The quantitative estimate of drug-likeness (QED) is 0.791. The number of hydrogen-bond acceptors (Lipinski definition) is 6. The van der Waals surface area contributed by atoms with Gasteiger partial charge in [-0.25, -0.2) is 0 Å². The van der Waals surface area contributed by atoms with Crippen LogP contribution in [0.25, 0.3) is 11.1 Å². The molecule has 0 spiro atoms. The average molecular weight is 345 g/mol. The van der Waals surface area contributed by atoms with Gasteiger partial charge in [0.2, 0.25) is 0 Å². The molecular weight excluding hydrogens is 330 g/mol. The van der Waals surface area contributed by atoms with E-state index in [2.05, 4.69) is 6.07 Å². The maximum Gasteiger partial charge on any atom is 0.264 e. The third kappa shape index (κ3) is 3.50. The molecule has 0 N–H and O–H groups in total. The highest BCUT2D eigenvalue weighted by atomic mass is 32.2. The minimum absolute atomic E-state index is 0.180. The first-order valence-electron chi connectivity index (χ1n) is 7.24. The van der Waals surface area contributed by atoms with Crippen molar-refractivity contribution in [2.24, 2.45) is 0 Å². The van der Waals surface area contributed by atoms with Crippen molar-refractivity contribution in [1.29, 1.82) is 5.26 Å². The highest BCUT2D eigenvalue weighted by molar-refractivity contribution is 7.85. The van der Waals surface area contributed by atoms with Crippen LogP contribution in [0.3, 0.4) is 0 Å². The summed E-state index contributed by atoms with van der Waals surface area (Å²) in [4.78, 5) is 0. The van der Waals surface area contributed by atoms with Crippen molar-refractivity contribution in [3.8, 4) is 28.7 Å². The lowest BCUT2D eigenvalue weighted by Gasteiger charge is -2.19. The summed E-state index contributed by atoms with van der Waals surface area (Å²) in [6.45, 7) is 0.804. The molecule has 1 aliphatic rings. The van der Waals surface area contributed by atoms with Crippen molar-refractivity contribution in [3.05, 3.63) is 47.5 Å². The van der Waals surface area contributed by atoms with E-state index in [1.807, 2.05) is 12.1 Å². The van der Waals surface area contributed by atoms with Crippen LogP contribution in [0, 0.1) is 11.3 Å². The van der Waals surface area contributed by atoms with Gasteiger partial charge in [0.05, 0.1) is 18.4 Å². The van der Waals surface area contributed by atoms with Crippen LogP contribution < -0.4 is 9.47 Å². The van der Waals surface area contributed by atoms with E-state index in [0.29, 0.717) is 41.4 Å². The third-order valence-electron chi connectivity index (χ3n) is 3.54. The second-order valence-corrected chi connectivity index (χ2v) is 6.92. The number of nitrogens with zero attached hydrogens (tertiary/aromatic N) is 1. The minimum Gasteiger partial charge on any atom is -0.486 e. The molecule has 0 saturated carbocycles. The van der Waals surface area contributed by atoms with Crippen molar-refractivity contribution in [2.45, 2.75) is 6.61 Å². The number of nitriles is 1. The van der Waals surface area contributed by atoms with Gasteiger partial charge in [0.1, 0.15) is 19.3 Å². The molecular formula is C17H15NO5S. The standard InChI is InChI=1S/C17H15NO5S/c1-24(19,20)23-11-13-3-2-4-14(15(13)10-18)12-5-6-16-17(9-12)22-8-7-21-16/h2-6,9H,7-8,11H2,1H3. The molecule has 1 heterocycles. The Morgan fingerprint density at radius 2 is 1.92 bits per heavy atom. The van der Waals surface area contributed by atoms with E-state index in [1.54, 1.807) is 24.3 Å². The monoisotopic (exact) mass is 345 g/mol. The molecule has 2 aromatic carbocycles. The summed E-state index contributed by atoms with van der Waals surface area (Å²) < 4.78 is 38.2. The van der Waals surface area contributed by atoms with Crippen LogP contribution in [-0.4, -0.2) is 27.9 Å². The van der Waals surface area contributed by atoms with Crippen LogP contribution in [0.2, 0.25) is 0 Å². The van der Waals surface area contributed by atoms with E-state index < -0.39 is 10.1 Å². The fourth-order valence-electron chi connectivity index (χ4n) is 2.47. The van der Waals surface area contributed by atoms with Gasteiger partial charge in [-0.3, -0.25) is 4.18 Å². The molecule has 0 fully saturated rings. The van der Waals surface area contributed by atoms with Crippen molar-refractivity contribution < 1.29 is 22.1 Å². The first kappa shape index (κ1) is 16.3. The Labute approximate surface area is 140 Å². The second kappa shape index (κ2) is 6.51. The van der Waals surface area contributed by atoms with Crippen molar-refractivity contribution in [2.75, 3.05) is 19.5 Å². The molecule has 1 aliphatic heterocycles. The minimum atomic E-state index is -3.58. The van der Waals surface area contributed by atoms with Crippen LogP contribution >= 0.6 is 0 Å². The molecule has 0 radical (unpaired) electrons. The molecule has 0 aliphatic carbocycles. The van der Waals surface area contributed by atoms with E-state index in [-0.39, 0.29) is 6.61 Å². The van der Waals surface area contributed by atoms with Crippen LogP contribution in [0.15, 0.2) is 36.4 Å². The van der Waals surface area contributed by atoms with Crippen LogP contribution in [0.1, 0.15) is 11.1 Å². The summed E-state index contributed by atoms with van der Waals surface area (Å²) in [6, 6.07) is 12.8. The maximum atomic E-state index is 11.2. The van der Waals surface area contributed by atoms with E-state index in [9.17, 15) is 13.7 Å². The zero-order valence-electron chi connectivity index (χ0n) is 13.0. The molecule has 3 rings (SSSR count). The average Bonchev–Trinajstić information content (AvgIpc) is 2.58. The molecule has 0 amide bonds. The smallest absolute Gasteiger partial charge is 0.264 e. The lowest BCUT2D eigenvalue weighted by Crippen LogP contribution is -2.15. The van der Waals surface area contributed by atoms with E-state index >= 15 is 0 Å². The molecule has 0 atom stereocenters. The number of benzene rings is 2. The summed E-state index contributed by atoms with van der Waals surface area (Å²) in [6.07, 6.45) is 0.976. The van der Waals surface area contributed by atoms with Gasteiger partial charge in [-0.2, -0.15) is 13.7 Å². The lowest BCUT2D eigenvalue weighted by atomic mass is 9.96. The molecule has 0 bridgehead atoms. The number of rotatable bonds is 4. The lowest BCUT2D eigenvalue weighted by molar-refractivity contribution is 0.171. The van der Waals surface area contributed by atoms with Gasteiger partial charge >= 0.3 is 0 Å². The van der Waals surface area contributed by atoms with E-state index in [1.165, 1.54) is 0 Å². The van der Waals surface area contributed by atoms with Gasteiger partial charge in [0.15, 0.2) is 11.5 Å². The van der Waals surface area contributed by atoms with Crippen LogP contribution in [0.5, 0.6) is 11.5 Å². The van der Waals surface area contributed by atoms with Gasteiger partial charge in [0, 0.05) is 0 Å². The molecule has 0 unspecified atom stereocenters. The van der Waals surface area contributed by atoms with Crippen molar-refractivity contribution >= 4 is 10.1 Å². The normalized spacial score (nSPS) is 13.3. The Kier molecular flexibility index (Phi) is 4.42. The Bertz CT molecular complexity index is 915. The molecule has 2 aromatic rings. The summed E-state index contributed by atoms with van der Waals surface area (Å²) in [5.41, 5.74) is 2.36. The fourth-order valence-corrected chi connectivity index (χ4v) is 2.82.